The number of pyridine rings is 1. The Bertz CT molecular complexity index is 2410. The average Bonchev–Trinajstić information content (AvgIpc) is 3.40. The molecule has 0 saturated heterocycles. The number of thiocarbonyl (C=S) groups is 1. The second-order valence-electron chi connectivity index (χ2n) is 9.68. The van der Waals surface area contributed by atoms with Crippen LogP contribution in [0.3, 0.4) is 0 Å². The highest BCUT2D eigenvalue weighted by Crippen LogP contribution is 2.54. The van der Waals surface area contributed by atoms with Crippen molar-refractivity contribution in [1.82, 2.24) is 10.4 Å². The van der Waals surface area contributed by atoms with Gasteiger partial charge in [0.1, 0.15) is 22.7 Å². The molecule has 0 amide bonds. The number of methoxy groups -OCH3 is 1. The molecule has 1 unspecified atom stereocenters. The molecule has 0 bridgehead atoms. The van der Waals surface area contributed by atoms with E-state index in [1.165, 1.54) is 12.3 Å². The van der Waals surface area contributed by atoms with Gasteiger partial charge in [0.05, 0.1) is 45.3 Å². The Morgan fingerprint density at radius 3 is 2.32 bits per heavy atom. The summed E-state index contributed by atoms with van der Waals surface area (Å²) < 4.78 is 4.88. The van der Waals surface area contributed by atoms with Crippen LogP contribution >= 0.6 is 12.2 Å². The number of rotatable bonds is 3. The standard InChI is InChI=1S/C27H18N4O9S/c1-40-12-6-11(32)14-15(19(12)33)21(35)17-16(20(14)34)23(37)27(24(17)38)3-2-8-4-9-5-10(7-29-31-26(28)41)30-25(39)13(9)22(36)18(8)27/h4-7,36-38H,2-3H2,1H3,(H,30,39)(H3,28,31,41). The molecule has 0 radical (unpaired) electrons. The van der Waals surface area contributed by atoms with E-state index in [9.17, 15) is 39.3 Å². The van der Waals surface area contributed by atoms with Crippen LogP contribution in [0.5, 0.6) is 11.5 Å². The number of aliphatic hydroxyl groups is 2. The fourth-order valence-electron chi connectivity index (χ4n) is 6.00. The molecule has 14 heteroatoms. The Morgan fingerprint density at radius 1 is 1.02 bits per heavy atom. The van der Waals surface area contributed by atoms with Crippen LogP contribution in [0, 0.1) is 10.4 Å². The number of aromatic amines is 1. The van der Waals surface area contributed by atoms with Crippen LogP contribution in [0.15, 0.2) is 47.3 Å². The zero-order chi connectivity index (χ0) is 29.5. The Labute approximate surface area is 231 Å². The summed E-state index contributed by atoms with van der Waals surface area (Å²) >= 11 is 4.67. The molecule has 0 fully saturated rings. The van der Waals surface area contributed by atoms with E-state index in [4.69, 9.17) is 10.5 Å². The number of nitrogens with two attached hydrogens (primary N) is 1. The quantitative estimate of drug-likeness (QED) is 0.0862. The van der Waals surface area contributed by atoms with E-state index < -0.39 is 76.6 Å². The van der Waals surface area contributed by atoms with E-state index in [2.05, 4.69) is 27.7 Å². The molecule has 6 rings (SSSR count). The first-order valence-electron chi connectivity index (χ1n) is 12.0. The van der Waals surface area contributed by atoms with Gasteiger partial charge < -0.3 is 30.8 Å². The number of fused-ring (bicyclic) bond motifs is 4. The number of benzene rings is 1. The maximum Gasteiger partial charge on any atom is 0.260 e. The molecule has 4 aliphatic rings. The molecule has 1 aromatic carbocycles. The number of H-pyrrole nitrogens is 1. The predicted octanol–water partition coefficient (Wildman–Crippen LogP) is -2.32. The largest absolute Gasteiger partial charge is 0.510 e. The van der Waals surface area contributed by atoms with E-state index in [1.54, 1.807) is 6.07 Å². The monoisotopic (exact) mass is 574 g/mol. The van der Waals surface area contributed by atoms with Gasteiger partial charge in [-0.15, -0.1) is 0 Å². The minimum absolute atomic E-state index is 0.0802. The summed E-state index contributed by atoms with van der Waals surface area (Å²) in [7, 11) is 1.11. The number of hydrazone groups is 1. The van der Waals surface area contributed by atoms with Crippen molar-refractivity contribution in [3.05, 3.63) is 107 Å². The van der Waals surface area contributed by atoms with Crippen LogP contribution in [0.2, 0.25) is 0 Å². The minimum Gasteiger partial charge on any atom is -0.510 e. The van der Waals surface area contributed by atoms with Gasteiger partial charge in [-0.2, -0.15) is 5.10 Å². The Morgan fingerprint density at radius 2 is 1.68 bits per heavy atom. The third-order valence-electron chi connectivity index (χ3n) is 7.65. The number of hydrogen-bond acceptors (Lipinski definition) is 11. The van der Waals surface area contributed by atoms with Crippen molar-refractivity contribution >= 4 is 45.8 Å². The molecular weight excluding hydrogens is 556 g/mol. The Kier molecular flexibility index (Phi) is 5.41. The van der Waals surface area contributed by atoms with Crippen molar-refractivity contribution in [2.45, 2.75) is 18.3 Å². The predicted molar refractivity (Wildman–Crippen MR) is 151 cm³/mol. The highest BCUT2D eigenvalue weighted by molar-refractivity contribution is 7.80. The molecule has 0 saturated carbocycles. The van der Waals surface area contributed by atoms with Crippen LogP contribution in [0.25, 0.3) is 22.3 Å². The van der Waals surface area contributed by atoms with Crippen molar-refractivity contribution in [3.8, 4) is 11.5 Å². The number of aliphatic hydroxyl groups excluding tert-OH is 2. The molecule has 1 heterocycles. The molecule has 2 aromatic rings. The van der Waals surface area contributed by atoms with Crippen molar-refractivity contribution in [1.29, 1.82) is 0 Å². The van der Waals surface area contributed by atoms with Crippen molar-refractivity contribution in [3.63, 3.8) is 0 Å². The number of nitrogens with one attached hydrogen (secondary N) is 2. The third kappa shape index (κ3) is 3.24. The van der Waals surface area contributed by atoms with Crippen LogP contribution in [-0.4, -0.2) is 38.7 Å². The van der Waals surface area contributed by atoms with Crippen LogP contribution in [-0.2, 0) is 11.8 Å². The molecule has 13 nitrogen and oxygen atoms in total. The molecule has 1 atom stereocenters. The topological polar surface area (TPSA) is 221 Å². The highest BCUT2D eigenvalue weighted by Gasteiger charge is 2.53. The number of aryl methyl sites for hydroxylation is 1. The maximum absolute atomic E-state index is 13.5. The molecule has 7 N–H and O–H groups in total. The van der Waals surface area contributed by atoms with E-state index in [-0.39, 0.29) is 34.6 Å². The van der Waals surface area contributed by atoms with Crippen molar-refractivity contribution in [2.24, 2.45) is 10.8 Å². The number of nitrogens with zero attached hydrogens (tertiary/aromatic N) is 1. The lowest BCUT2D eigenvalue weighted by Crippen LogP contribution is -2.51. The summed E-state index contributed by atoms with van der Waals surface area (Å²) in [6.45, 7) is 0. The number of hydrogen-bond donors (Lipinski definition) is 6. The minimum atomic E-state index is -1.98. The molecular formula is C27H18N4O9S. The van der Waals surface area contributed by atoms with Gasteiger partial charge >= 0.3 is 0 Å². The summed E-state index contributed by atoms with van der Waals surface area (Å²) in [5.74, 6) is -2.60. The summed E-state index contributed by atoms with van der Waals surface area (Å²) in [6.07, 6.45) is 1.30. The number of ether oxygens (including phenoxy) is 1. The SMILES string of the molecule is COc1cc(=O)c2c(=O)c3c(c(=O)c=2c1=O)=C(O)C1(CCc2cc4cc(C=NNC(N)=S)[nH]c(=O)c4c(O)c21)C=3O. The van der Waals surface area contributed by atoms with Crippen LogP contribution < -0.4 is 53.6 Å². The smallest absolute Gasteiger partial charge is 0.260 e. The van der Waals surface area contributed by atoms with E-state index in [0.717, 1.165) is 13.2 Å². The van der Waals surface area contributed by atoms with Gasteiger partial charge in [0.25, 0.3) is 5.56 Å². The van der Waals surface area contributed by atoms with Gasteiger partial charge in [-0.25, -0.2) is 0 Å². The van der Waals surface area contributed by atoms with Gasteiger partial charge in [0, 0.05) is 11.6 Å². The second-order valence-corrected chi connectivity index (χ2v) is 10.1. The number of phenols is 1. The average molecular weight is 575 g/mol. The first-order chi connectivity index (χ1) is 19.4. The third-order valence-corrected chi connectivity index (χ3v) is 7.74. The van der Waals surface area contributed by atoms with Crippen LogP contribution in [0.1, 0.15) is 23.2 Å². The Balaban J connectivity index is 1.70. The molecule has 0 aliphatic heterocycles. The molecule has 1 aromatic heterocycles. The highest BCUT2D eigenvalue weighted by atomic mass is 32.1. The summed E-state index contributed by atoms with van der Waals surface area (Å²) in [4.78, 5) is 68.2. The molecule has 1 spiro atoms. The summed E-state index contributed by atoms with van der Waals surface area (Å²) in [5.41, 5.74) is 1.28. The lowest BCUT2D eigenvalue weighted by atomic mass is 9.78. The zero-order valence-electron chi connectivity index (χ0n) is 20.9. The first kappa shape index (κ1) is 25.9. The maximum atomic E-state index is 13.5. The van der Waals surface area contributed by atoms with Gasteiger partial charge in [-0.05, 0) is 42.1 Å². The first-order valence-corrected chi connectivity index (χ1v) is 12.4. The van der Waals surface area contributed by atoms with Crippen molar-refractivity contribution < 1.29 is 20.1 Å². The summed E-state index contributed by atoms with van der Waals surface area (Å²) in [5, 5.41) is 35.4. The van der Waals surface area contributed by atoms with Crippen LogP contribution in [0.4, 0.5) is 0 Å². The summed E-state index contributed by atoms with van der Waals surface area (Å²) in [6, 6.07) is 3.86. The lowest BCUT2D eigenvalue weighted by Gasteiger charge is -2.27. The van der Waals surface area contributed by atoms with E-state index in [1.807, 2.05) is 0 Å². The molecule has 41 heavy (non-hydrogen) atoms. The second kappa shape index (κ2) is 8.56. The van der Waals surface area contributed by atoms with Gasteiger partial charge in [-0.1, -0.05) is 6.07 Å². The lowest BCUT2D eigenvalue weighted by molar-refractivity contribution is 0.362. The normalized spacial score (nSPS) is 17.6. The molecule has 4 aliphatic carbocycles. The van der Waals surface area contributed by atoms with E-state index >= 15 is 0 Å². The molecule has 206 valence electrons. The van der Waals surface area contributed by atoms with Gasteiger partial charge in [-0.3, -0.25) is 29.4 Å². The van der Waals surface area contributed by atoms with Gasteiger partial charge in [0.15, 0.2) is 16.3 Å². The van der Waals surface area contributed by atoms with Crippen molar-refractivity contribution in [2.75, 3.05) is 7.11 Å². The van der Waals surface area contributed by atoms with E-state index in [0.29, 0.717) is 10.9 Å². The van der Waals surface area contributed by atoms with Gasteiger partial charge in [0.2, 0.25) is 16.3 Å². The Hall–Kier alpha value is -5.37. The fourth-order valence-corrected chi connectivity index (χ4v) is 6.06. The zero-order valence-corrected chi connectivity index (χ0v) is 21.8. The number of aromatic hydroxyl groups is 1. The number of phenolic OH excluding ortho intramolecular Hbond substituents is 1. The fraction of sp³-hybridized carbons (Fsp3) is 0.148. The number of aromatic nitrogens is 1.